The fourth-order valence-corrected chi connectivity index (χ4v) is 2.71. The first-order valence-electron chi connectivity index (χ1n) is 6.35. The number of carbonyl (C=O) groups is 2. The van der Waals surface area contributed by atoms with Crippen molar-refractivity contribution in [3.05, 3.63) is 33.8 Å². The molecule has 108 valence electrons. The van der Waals surface area contributed by atoms with E-state index in [1.54, 1.807) is 23.1 Å². The molecule has 2 rings (SSSR count). The van der Waals surface area contributed by atoms with Gasteiger partial charge in [-0.25, -0.2) is 0 Å². The van der Waals surface area contributed by atoms with Gasteiger partial charge in [0.25, 0.3) is 5.91 Å². The van der Waals surface area contributed by atoms with Crippen LogP contribution in [0.3, 0.4) is 0 Å². The van der Waals surface area contributed by atoms with Gasteiger partial charge in [-0.1, -0.05) is 29.3 Å². The van der Waals surface area contributed by atoms with Crippen molar-refractivity contribution in [2.24, 2.45) is 5.92 Å². The van der Waals surface area contributed by atoms with E-state index in [-0.39, 0.29) is 22.8 Å². The quantitative estimate of drug-likeness (QED) is 0.788. The van der Waals surface area contributed by atoms with Gasteiger partial charge in [-0.15, -0.1) is 0 Å². The van der Waals surface area contributed by atoms with Crippen molar-refractivity contribution in [1.82, 2.24) is 4.90 Å². The molecule has 1 aromatic rings. The molecule has 0 N–H and O–H groups in total. The SMILES string of the molecule is COC(=O)C1CCN(C(=O)c2cccc(Cl)c2Cl)CC1. The molecule has 0 saturated carbocycles. The summed E-state index contributed by atoms with van der Waals surface area (Å²) in [4.78, 5) is 25.5. The number of halogens is 2. The monoisotopic (exact) mass is 315 g/mol. The maximum Gasteiger partial charge on any atom is 0.308 e. The Morgan fingerprint density at radius 1 is 1.25 bits per heavy atom. The molecule has 0 bridgehead atoms. The summed E-state index contributed by atoms with van der Waals surface area (Å²) in [5.74, 6) is -0.488. The summed E-state index contributed by atoms with van der Waals surface area (Å²) in [5, 5.41) is 0.635. The van der Waals surface area contributed by atoms with Crippen LogP contribution in [0.2, 0.25) is 10.0 Å². The largest absolute Gasteiger partial charge is 0.469 e. The van der Waals surface area contributed by atoms with Gasteiger partial charge in [0, 0.05) is 13.1 Å². The van der Waals surface area contributed by atoms with Crippen LogP contribution in [0.15, 0.2) is 18.2 Å². The first-order valence-corrected chi connectivity index (χ1v) is 7.11. The number of nitrogens with zero attached hydrogens (tertiary/aromatic N) is 1. The lowest BCUT2D eigenvalue weighted by atomic mass is 9.96. The number of benzene rings is 1. The lowest BCUT2D eigenvalue weighted by Gasteiger charge is -2.31. The van der Waals surface area contributed by atoms with Crippen LogP contribution in [0, 0.1) is 5.92 Å². The molecule has 0 aliphatic carbocycles. The number of likely N-dealkylation sites (tertiary alicyclic amines) is 1. The van der Waals surface area contributed by atoms with E-state index in [1.165, 1.54) is 7.11 Å². The van der Waals surface area contributed by atoms with E-state index < -0.39 is 0 Å². The fourth-order valence-electron chi connectivity index (χ4n) is 2.32. The molecule has 1 amide bonds. The van der Waals surface area contributed by atoms with Crippen molar-refractivity contribution in [1.29, 1.82) is 0 Å². The zero-order valence-electron chi connectivity index (χ0n) is 11.1. The molecule has 4 nitrogen and oxygen atoms in total. The molecule has 1 aliphatic rings. The Morgan fingerprint density at radius 3 is 2.50 bits per heavy atom. The summed E-state index contributed by atoms with van der Waals surface area (Å²) in [5.41, 5.74) is 0.399. The highest BCUT2D eigenvalue weighted by atomic mass is 35.5. The highest BCUT2D eigenvalue weighted by Crippen LogP contribution is 2.28. The average molecular weight is 316 g/mol. The summed E-state index contributed by atoms with van der Waals surface area (Å²) in [7, 11) is 1.38. The smallest absolute Gasteiger partial charge is 0.308 e. The Hall–Kier alpha value is -1.26. The molecule has 0 atom stereocenters. The van der Waals surface area contributed by atoms with Crippen LogP contribution in [-0.2, 0) is 9.53 Å². The number of esters is 1. The Labute approximate surface area is 127 Å². The van der Waals surface area contributed by atoms with Crippen LogP contribution >= 0.6 is 23.2 Å². The van der Waals surface area contributed by atoms with E-state index in [4.69, 9.17) is 27.9 Å². The van der Waals surface area contributed by atoms with Gasteiger partial charge in [-0.2, -0.15) is 0 Å². The standard InChI is InChI=1S/C14H15Cl2NO3/c1-20-14(19)9-5-7-17(8-6-9)13(18)10-3-2-4-11(15)12(10)16/h2-4,9H,5-8H2,1H3. The van der Waals surface area contributed by atoms with Gasteiger partial charge in [0.1, 0.15) is 0 Å². The van der Waals surface area contributed by atoms with Crippen LogP contribution in [0.4, 0.5) is 0 Å². The van der Waals surface area contributed by atoms with Crippen LogP contribution in [0.25, 0.3) is 0 Å². The number of amides is 1. The summed E-state index contributed by atoms with van der Waals surface area (Å²) >= 11 is 12.0. The fraction of sp³-hybridized carbons (Fsp3) is 0.429. The minimum absolute atomic E-state index is 0.126. The summed E-state index contributed by atoms with van der Waals surface area (Å²) in [6, 6.07) is 5.00. The second kappa shape index (κ2) is 6.46. The maximum atomic E-state index is 12.4. The number of rotatable bonds is 2. The normalized spacial score (nSPS) is 16.1. The van der Waals surface area contributed by atoms with Crippen molar-refractivity contribution in [2.75, 3.05) is 20.2 Å². The second-order valence-corrected chi connectivity index (χ2v) is 5.48. The minimum Gasteiger partial charge on any atom is -0.469 e. The minimum atomic E-state index is -0.210. The first-order chi connectivity index (χ1) is 9.54. The first kappa shape index (κ1) is 15.1. The zero-order valence-corrected chi connectivity index (χ0v) is 12.6. The van der Waals surface area contributed by atoms with E-state index in [9.17, 15) is 9.59 Å². The summed E-state index contributed by atoms with van der Waals surface area (Å²) < 4.78 is 4.72. The van der Waals surface area contributed by atoms with Crippen LogP contribution in [0.5, 0.6) is 0 Å². The molecule has 1 aromatic carbocycles. The highest BCUT2D eigenvalue weighted by Gasteiger charge is 2.29. The maximum absolute atomic E-state index is 12.4. The third-order valence-electron chi connectivity index (χ3n) is 3.50. The van der Waals surface area contributed by atoms with Gasteiger partial charge in [0.05, 0.1) is 28.6 Å². The van der Waals surface area contributed by atoms with Crippen LogP contribution in [-0.4, -0.2) is 37.0 Å². The van der Waals surface area contributed by atoms with Crippen molar-refractivity contribution in [3.8, 4) is 0 Å². The molecule has 0 aromatic heterocycles. The molecule has 1 aliphatic heterocycles. The molecule has 0 radical (unpaired) electrons. The van der Waals surface area contributed by atoms with Gasteiger partial charge in [0.15, 0.2) is 0 Å². The van der Waals surface area contributed by atoms with Crippen LogP contribution in [0.1, 0.15) is 23.2 Å². The number of piperidine rings is 1. The Kier molecular flexibility index (Phi) is 4.89. The number of hydrogen-bond donors (Lipinski definition) is 0. The zero-order chi connectivity index (χ0) is 14.7. The highest BCUT2D eigenvalue weighted by molar-refractivity contribution is 6.43. The molecule has 0 unspecified atom stereocenters. The van der Waals surface area contributed by atoms with E-state index in [0.29, 0.717) is 36.5 Å². The molecule has 0 spiro atoms. The Bertz CT molecular complexity index is 525. The molecular weight excluding hydrogens is 301 g/mol. The average Bonchev–Trinajstić information content (AvgIpc) is 2.48. The molecule has 1 saturated heterocycles. The van der Waals surface area contributed by atoms with Crippen molar-refractivity contribution >= 4 is 35.1 Å². The molecule has 20 heavy (non-hydrogen) atoms. The lowest BCUT2D eigenvalue weighted by Crippen LogP contribution is -2.40. The van der Waals surface area contributed by atoms with Gasteiger partial charge >= 0.3 is 5.97 Å². The van der Waals surface area contributed by atoms with Gasteiger partial charge < -0.3 is 9.64 Å². The van der Waals surface area contributed by atoms with Crippen molar-refractivity contribution in [3.63, 3.8) is 0 Å². The summed E-state index contributed by atoms with van der Waals surface area (Å²) in [6.45, 7) is 1.03. The Morgan fingerprint density at radius 2 is 1.90 bits per heavy atom. The molecular formula is C14H15Cl2NO3. The van der Waals surface area contributed by atoms with Gasteiger partial charge in [0.2, 0.25) is 0 Å². The van der Waals surface area contributed by atoms with E-state index in [2.05, 4.69) is 0 Å². The lowest BCUT2D eigenvalue weighted by molar-refractivity contribution is -0.146. The van der Waals surface area contributed by atoms with E-state index in [0.717, 1.165) is 0 Å². The predicted octanol–water partition coefficient (Wildman–Crippen LogP) is 3.02. The van der Waals surface area contributed by atoms with Crippen LogP contribution < -0.4 is 0 Å². The number of ether oxygens (including phenoxy) is 1. The van der Waals surface area contributed by atoms with E-state index >= 15 is 0 Å². The van der Waals surface area contributed by atoms with Crippen molar-refractivity contribution in [2.45, 2.75) is 12.8 Å². The number of carbonyl (C=O) groups excluding carboxylic acids is 2. The Balaban J connectivity index is 2.05. The van der Waals surface area contributed by atoms with E-state index in [1.807, 2.05) is 0 Å². The third kappa shape index (κ3) is 3.07. The topological polar surface area (TPSA) is 46.6 Å². The molecule has 1 fully saturated rings. The summed E-state index contributed by atoms with van der Waals surface area (Å²) in [6.07, 6.45) is 1.22. The third-order valence-corrected chi connectivity index (χ3v) is 4.32. The number of hydrogen-bond acceptors (Lipinski definition) is 3. The predicted molar refractivity (Wildman–Crippen MR) is 77.1 cm³/mol. The van der Waals surface area contributed by atoms with Crippen molar-refractivity contribution < 1.29 is 14.3 Å². The van der Waals surface area contributed by atoms with Gasteiger partial charge in [-0.3, -0.25) is 9.59 Å². The molecule has 6 heteroatoms. The van der Waals surface area contributed by atoms with Gasteiger partial charge in [-0.05, 0) is 25.0 Å². The second-order valence-electron chi connectivity index (χ2n) is 4.69. The molecule has 1 heterocycles. The number of methoxy groups -OCH3 is 1.